The number of carbonyl (C=O) groups is 2. The Bertz CT molecular complexity index is 946. The molecular formula is C23H30N4O3S. The van der Waals surface area contributed by atoms with Crippen LogP contribution < -0.4 is 10.6 Å². The van der Waals surface area contributed by atoms with Crippen LogP contribution in [0.2, 0.25) is 0 Å². The summed E-state index contributed by atoms with van der Waals surface area (Å²) in [6.07, 6.45) is 5.15. The van der Waals surface area contributed by atoms with Crippen LogP contribution in [0.5, 0.6) is 0 Å². The summed E-state index contributed by atoms with van der Waals surface area (Å²) in [6.45, 7) is 5.55. The first-order valence-corrected chi connectivity index (χ1v) is 11.7. The number of amides is 2. The highest BCUT2D eigenvalue weighted by Gasteiger charge is 2.41. The Morgan fingerprint density at radius 1 is 1.26 bits per heavy atom. The van der Waals surface area contributed by atoms with Crippen LogP contribution in [0.25, 0.3) is 0 Å². The average molecular weight is 443 g/mol. The molecule has 4 rings (SSSR count). The largest absolute Gasteiger partial charge is 0.383 e. The van der Waals surface area contributed by atoms with Crippen molar-refractivity contribution in [3.63, 3.8) is 0 Å². The fourth-order valence-corrected chi connectivity index (χ4v) is 5.37. The van der Waals surface area contributed by atoms with E-state index >= 15 is 0 Å². The molecule has 7 nitrogen and oxygen atoms in total. The molecule has 2 heterocycles. The highest BCUT2D eigenvalue weighted by atomic mass is 32.1. The molecule has 1 saturated carbocycles. The van der Waals surface area contributed by atoms with Gasteiger partial charge in [-0.05, 0) is 51.7 Å². The van der Waals surface area contributed by atoms with Gasteiger partial charge in [0.25, 0.3) is 5.91 Å². The van der Waals surface area contributed by atoms with Gasteiger partial charge in [-0.2, -0.15) is 0 Å². The van der Waals surface area contributed by atoms with E-state index < -0.39 is 5.60 Å². The molecule has 2 fully saturated rings. The van der Waals surface area contributed by atoms with Gasteiger partial charge >= 0.3 is 0 Å². The summed E-state index contributed by atoms with van der Waals surface area (Å²) >= 11 is 1.58. The minimum absolute atomic E-state index is 0.0209. The molecular weight excluding hydrogens is 412 g/mol. The molecule has 0 radical (unpaired) electrons. The molecule has 1 aromatic heterocycles. The molecule has 1 aliphatic carbocycles. The quantitative estimate of drug-likeness (QED) is 0.637. The number of carbonyl (C=O) groups excluding carboxylic acids is 2. The Balaban J connectivity index is 1.16. The van der Waals surface area contributed by atoms with Gasteiger partial charge in [-0.15, -0.1) is 11.3 Å². The van der Waals surface area contributed by atoms with Crippen LogP contribution in [0, 0.1) is 13.8 Å². The van der Waals surface area contributed by atoms with Crippen molar-refractivity contribution in [1.29, 1.82) is 0 Å². The zero-order valence-electron chi connectivity index (χ0n) is 18.1. The molecule has 0 unspecified atom stereocenters. The molecule has 0 atom stereocenters. The summed E-state index contributed by atoms with van der Waals surface area (Å²) in [6, 6.07) is 7.86. The van der Waals surface area contributed by atoms with Gasteiger partial charge < -0.3 is 15.7 Å². The number of hydrogen-bond acceptors (Lipinski definition) is 6. The summed E-state index contributed by atoms with van der Waals surface area (Å²) in [5.41, 5.74) is 0.783. The number of benzene rings is 1. The minimum Gasteiger partial charge on any atom is -0.383 e. The van der Waals surface area contributed by atoms with Crippen LogP contribution in [0.4, 0.5) is 0 Å². The molecule has 0 bridgehead atoms. The van der Waals surface area contributed by atoms with Crippen molar-refractivity contribution in [3.8, 4) is 0 Å². The maximum atomic E-state index is 12.2. The van der Waals surface area contributed by atoms with E-state index in [4.69, 9.17) is 0 Å². The van der Waals surface area contributed by atoms with E-state index in [1.807, 2.05) is 32.2 Å². The van der Waals surface area contributed by atoms with Crippen molar-refractivity contribution < 1.29 is 14.7 Å². The average Bonchev–Trinajstić information content (AvgIpc) is 3.17. The molecule has 31 heavy (non-hydrogen) atoms. The van der Waals surface area contributed by atoms with Crippen LogP contribution in [0.15, 0.2) is 30.5 Å². The lowest BCUT2D eigenvalue weighted by molar-refractivity contribution is -0.122. The van der Waals surface area contributed by atoms with Crippen LogP contribution in [-0.2, 0) is 10.4 Å². The van der Waals surface area contributed by atoms with E-state index in [0.29, 0.717) is 11.6 Å². The van der Waals surface area contributed by atoms with E-state index in [2.05, 4.69) is 20.5 Å². The Labute approximate surface area is 186 Å². The predicted molar refractivity (Wildman–Crippen MR) is 120 cm³/mol. The molecule has 0 spiro atoms. The number of nitrogens with zero attached hydrogens (tertiary/aromatic N) is 2. The first kappa shape index (κ1) is 21.9. The number of aryl methyl sites for hydroxylation is 2. The normalized spacial score (nSPS) is 24.4. The predicted octanol–water partition coefficient (Wildman–Crippen LogP) is 2.12. The maximum absolute atomic E-state index is 12.2. The summed E-state index contributed by atoms with van der Waals surface area (Å²) < 4.78 is 0. The Kier molecular flexibility index (Phi) is 6.41. The van der Waals surface area contributed by atoms with Gasteiger partial charge in [-0.25, -0.2) is 4.98 Å². The number of thiazole rings is 1. The molecule has 2 amide bonds. The summed E-state index contributed by atoms with van der Waals surface area (Å²) in [5, 5.41) is 17.5. The van der Waals surface area contributed by atoms with Crippen LogP contribution in [0.3, 0.4) is 0 Å². The monoisotopic (exact) mass is 442 g/mol. The zero-order valence-corrected chi connectivity index (χ0v) is 18.9. The van der Waals surface area contributed by atoms with Gasteiger partial charge in [-0.3, -0.25) is 14.5 Å². The maximum Gasteiger partial charge on any atom is 0.251 e. The number of aliphatic hydroxyl groups is 1. The molecule has 3 N–H and O–H groups in total. The summed E-state index contributed by atoms with van der Waals surface area (Å²) in [7, 11) is 0. The van der Waals surface area contributed by atoms with Gasteiger partial charge in [-0.1, -0.05) is 17.7 Å². The van der Waals surface area contributed by atoms with Gasteiger partial charge in [0.1, 0.15) is 10.6 Å². The minimum atomic E-state index is -0.788. The number of likely N-dealkylation sites (tertiary alicyclic amines) is 1. The SMILES string of the molecule is Cc1cccc(C(=O)NCC(=O)NC2CN(C3CCC(O)(c4ncc(C)s4)CC3)C2)c1. The number of nitrogens with one attached hydrogen (secondary N) is 2. The zero-order chi connectivity index (χ0) is 22.0. The second-order valence-electron chi connectivity index (χ2n) is 8.81. The number of rotatable bonds is 6. The lowest BCUT2D eigenvalue weighted by atomic mass is 9.81. The summed E-state index contributed by atoms with van der Waals surface area (Å²) in [5.74, 6) is -0.401. The third kappa shape index (κ3) is 5.14. The molecule has 1 aromatic carbocycles. The van der Waals surface area contributed by atoms with Crippen LogP contribution in [-0.4, -0.2) is 58.5 Å². The third-order valence-electron chi connectivity index (χ3n) is 6.28. The smallest absolute Gasteiger partial charge is 0.251 e. The van der Waals surface area contributed by atoms with E-state index in [0.717, 1.165) is 54.2 Å². The Morgan fingerprint density at radius 3 is 2.65 bits per heavy atom. The third-order valence-corrected chi connectivity index (χ3v) is 7.39. The van der Waals surface area contributed by atoms with Gasteiger partial charge in [0.05, 0.1) is 12.6 Å². The molecule has 2 aromatic rings. The molecule has 1 aliphatic heterocycles. The molecule has 166 valence electrons. The second-order valence-corrected chi connectivity index (χ2v) is 10.0. The van der Waals surface area contributed by atoms with E-state index in [1.165, 1.54) is 0 Å². The van der Waals surface area contributed by atoms with Crippen molar-refractivity contribution in [2.24, 2.45) is 0 Å². The Hall–Kier alpha value is -2.29. The van der Waals surface area contributed by atoms with Crippen LogP contribution in [0.1, 0.15) is 51.5 Å². The number of hydrogen-bond donors (Lipinski definition) is 3. The lowest BCUT2D eigenvalue weighted by Gasteiger charge is -2.47. The van der Waals surface area contributed by atoms with Gasteiger partial charge in [0, 0.05) is 35.8 Å². The first-order valence-electron chi connectivity index (χ1n) is 10.9. The highest BCUT2D eigenvalue weighted by Crippen LogP contribution is 2.40. The highest BCUT2D eigenvalue weighted by molar-refractivity contribution is 7.11. The van der Waals surface area contributed by atoms with E-state index in [-0.39, 0.29) is 24.4 Å². The van der Waals surface area contributed by atoms with Crippen molar-refractivity contribution >= 4 is 23.2 Å². The standard InChI is InChI=1S/C23H30N4O3S/c1-15-4-3-5-17(10-15)21(29)24-12-20(28)26-18-13-27(14-18)19-6-8-23(30,9-7-19)22-25-11-16(2)31-22/h3-5,10-11,18-19,30H,6-9,12-14H2,1-2H3,(H,24,29)(H,26,28). The fraction of sp³-hybridized carbons (Fsp3) is 0.522. The molecule has 1 saturated heterocycles. The van der Waals surface area contributed by atoms with Gasteiger partial charge in [0.2, 0.25) is 5.91 Å². The summed E-state index contributed by atoms with van der Waals surface area (Å²) in [4.78, 5) is 32.3. The van der Waals surface area contributed by atoms with Crippen molar-refractivity contribution in [3.05, 3.63) is 51.5 Å². The van der Waals surface area contributed by atoms with Crippen molar-refractivity contribution in [2.45, 2.75) is 57.2 Å². The topological polar surface area (TPSA) is 94.6 Å². The second kappa shape index (κ2) is 9.06. The van der Waals surface area contributed by atoms with Gasteiger partial charge in [0.15, 0.2) is 0 Å². The first-order chi connectivity index (χ1) is 14.8. The van der Waals surface area contributed by atoms with Crippen molar-refractivity contribution in [1.82, 2.24) is 20.5 Å². The molecule has 8 heteroatoms. The lowest BCUT2D eigenvalue weighted by Crippen LogP contribution is -2.63. The van der Waals surface area contributed by atoms with E-state index in [1.54, 1.807) is 23.5 Å². The van der Waals surface area contributed by atoms with Crippen molar-refractivity contribution in [2.75, 3.05) is 19.6 Å². The van der Waals surface area contributed by atoms with Crippen LogP contribution >= 0.6 is 11.3 Å². The Morgan fingerprint density at radius 2 is 2.00 bits per heavy atom. The number of aromatic nitrogens is 1. The molecule has 2 aliphatic rings. The fourth-order valence-electron chi connectivity index (χ4n) is 4.46. The van der Waals surface area contributed by atoms with E-state index in [9.17, 15) is 14.7 Å².